The molecule has 0 saturated carbocycles. The maximum atomic E-state index is 12.5. The van der Waals surface area contributed by atoms with E-state index in [1.165, 1.54) is 0 Å². The highest BCUT2D eigenvalue weighted by Crippen LogP contribution is 2.27. The summed E-state index contributed by atoms with van der Waals surface area (Å²) in [7, 11) is 0. The van der Waals surface area contributed by atoms with Crippen molar-refractivity contribution in [2.75, 3.05) is 18.4 Å². The van der Waals surface area contributed by atoms with Gasteiger partial charge in [0, 0.05) is 18.8 Å². The van der Waals surface area contributed by atoms with Crippen LogP contribution in [0, 0.1) is 6.92 Å². The lowest BCUT2D eigenvalue weighted by molar-refractivity contribution is -0.120. The molecule has 1 saturated heterocycles. The summed E-state index contributed by atoms with van der Waals surface area (Å²) >= 11 is 0. The number of carbonyl (C=O) groups is 1. The topological polar surface area (TPSA) is 52.6 Å². The molecule has 1 aromatic rings. The van der Waals surface area contributed by atoms with Gasteiger partial charge in [0.25, 0.3) is 0 Å². The Morgan fingerprint density at radius 3 is 2.67 bits per heavy atom. The van der Waals surface area contributed by atoms with Crippen LogP contribution in [0.1, 0.15) is 44.2 Å². The number of anilines is 1. The van der Waals surface area contributed by atoms with Gasteiger partial charge >= 0.3 is 0 Å². The van der Waals surface area contributed by atoms with Gasteiger partial charge in [0.2, 0.25) is 5.91 Å². The second-order valence-corrected chi connectivity index (χ2v) is 6.30. The minimum Gasteiger partial charge on any atom is -0.392 e. The first-order valence-electron chi connectivity index (χ1n) is 7.72. The summed E-state index contributed by atoms with van der Waals surface area (Å²) in [5, 5.41) is 12.7. The Kier molecular flexibility index (Phi) is 5.01. The molecule has 1 heterocycles. The SMILES string of the molecule is Cc1cccc(C(C)C)c1NC(=O)C(C)N1CC[C@@H](O)C1. The zero-order valence-corrected chi connectivity index (χ0v) is 13.4. The Morgan fingerprint density at radius 1 is 1.38 bits per heavy atom. The fourth-order valence-electron chi connectivity index (χ4n) is 2.86. The molecule has 1 amide bonds. The second-order valence-electron chi connectivity index (χ2n) is 6.30. The smallest absolute Gasteiger partial charge is 0.241 e. The van der Waals surface area contributed by atoms with E-state index in [1.54, 1.807) is 0 Å². The number of nitrogens with one attached hydrogen (secondary N) is 1. The molecule has 1 aliphatic heterocycles. The Morgan fingerprint density at radius 2 is 2.10 bits per heavy atom. The van der Waals surface area contributed by atoms with E-state index in [0.29, 0.717) is 12.5 Å². The zero-order chi connectivity index (χ0) is 15.6. The highest BCUT2D eigenvalue weighted by molar-refractivity contribution is 5.96. The van der Waals surface area contributed by atoms with Crippen LogP contribution in [-0.2, 0) is 4.79 Å². The Labute approximate surface area is 127 Å². The highest BCUT2D eigenvalue weighted by Gasteiger charge is 2.29. The lowest BCUT2D eigenvalue weighted by Crippen LogP contribution is -2.41. The van der Waals surface area contributed by atoms with Crippen LogP contribution >= 0.6 is 0 Å². The molecule has 2 rings (SSSR count). The minimum absolute atomic E-state index is 0.000278. The molecule has 0 spiro atoms. The number of amides is 1. The van der Waals surface area contributed by atoms with Crippen LogP contribution in [0.15, 0.2) is 18.2 Å². The number of rotatable bonds is 4. The van der Waals surface area contributed by atoms with Crippen LogP contribution in [0.3, 0.4) is 0 Å². The summed E-state index contributed by atoms with van der Waals surface area (Å²) in [5.74, 6) is 0.365. The molecule has 1 unspecified atom stereocenters. The second kappa shape index (κ2) is 6.58. The first-order valence-corrected chi connectivity index (χ1v) is 7.72. The van der Waals surface area contributed by atoms with Crippen molar-refractivity contribution in [2.45, 2.75) is 52.2 Å². The molecule has 0 aromatic heterocycles. The van der Waals surface area contributed by atoms with Crippen LogP contribution in [0.5, 0.6) is 0 Å². The van der Waals surface area contributed by atoms with Gasteiger partial charge in [-0.15, -0.1) is 0 Å². The summed E-state index contributed by atoms with van der Waals surface area (Å²) in [5.41, 5.74) is 3.18. The van der Waals surface area contributed by atoms with Crippen LogP contribution < -0.4 is 5.32 Å². The van der Waals surface area contributed by atoms with Gasteiger partial charge in [-0.1, -0.05) is 32.0 Å². The van der Waals surface area contributed by atoms with Gasteiger partial charge < -0.3 is 10.4 Å². The monoisotopic (exact) mass is 290 g/mol. The number of nitrogens with zero attached hydrogens (tertiary/aromatic N) is 1. The number of hydrogen-bond acceptors (Lipinski definition) is 3. The van der Waals surface area contributed by atoms with Gasteiger partial charge in [-0.25, -0.2) is 0 Å². The highest BCUT2D eigenvalue weighted by atomic mass is 16.3. The fraction of sp³-hybridized carbons (Fsp3) is 0.588. The summed E-state index contributed by atoms with van der Waals surface area (Å²) in [6.45, 7) is 9.54. The number of hydrogen-bond donors (Lipinski definition) is 2. The molecule has 4 heteroatoms. The first-order chi connectivity index (χ1) is 9.90. The van der Waals surface area contributed by atoms with E-state index in [1.807, 2.05) is 30.9 Å². The van der Waals surface area contributed by atoms with Gasteiger partial charge in [0.15, 0.2) is 0 Å². The number of benzene rings is 1. The number of aliphatic hydroxyl groups is 1. The van der Waals surface area contributed by atoms with E-state index in [4.69, 9.17) is 0 Å². The third-order valence-electron chi connectivity index (χ3n) is 4.30. The molecule has 0 radical (unpaired) electrons. The van der Waals surface area contributed by atoms with E-state index in [-0.39, 0.29) is 18.1 Å². The molecule has 4 nitrogen and oxygen atoms in total. The van der Waals surface area contributed by atoms with E-state index >= 15 is 0 Å². The Bertz CT molecular complexity index is 514. The van der Waals surface area contributed by atoms with Crippen molar-refractivity contribution in [1.29, 1.82) is 0 Å². The molecule has 1 aromatic carbocycles. The molecular formula is C17H26N2O2. The molecule has 0 bridgehead atoms. The van der Waals surface area contributed by atoms with Crippen LogP contribution in [-0.4, -0.2) is 41.1 Å². The average Bonchev–Trinajstić information content (AvgIpc) is 2.86. The molecule has 1 aliphatic rings. The van der Waals surface area contributed by atoms with Crippen LogP contribution in [0.2, 0.25) is 0 Å². The number of β-amino-alcohol motifs (C(OH)–C–C–N with tert-alkyl or cyclic N) is 1. The number of aryl methyl sites for hydroxylation is 1. The maximum Gasteiger partial charge on any atom is 0.241 e. The minimum atomic E-state index is -0.301. The summed E-state index contributed by atoms with van der Waals surface area (Å²) < 4.78 is 0. The van der Waals surface area contributed by atoms with Crippen molar-refractivity contribution in [3.63, 3.8) is 0 Å². The van der Waals surface area contributed by atoms with Crippen molar-refractivity contribution in [2.24, 2.45) is 0 Å². The summed E-state index contributed by atoms with van der Waals surface area (Å²) in [4.78, 5) is 14.5. The van der Waals surface area contributed by atoms with E-state index in [9.17, 15) is 9.90 Å². The summed E-state index contributed by atoms with van der Waals surface area (Å²) in [6.07, 6.45) is 0.448. The average molecular weight is 290 g/mol. The molecular weight excluding hydrogens is 264 g/mol. The van der Waals surface area contributed by atoms with Crippen LogP contribution in [0.25, 0.3) is 0 Å². The quantitative estimate of drug-likeness (QED) is 0.896. The molecule has 0 aliphatic carbocycles. The molecule has 116 valence electrons. The van der Waals surface area contributed by atoms with Gasteiger partial charge in [0.1, 0.15) is 0 Å². The van der Waals surface area contributed by atoms with Crippen molar-refractivity contribution < 1.29 is 9.90 Å². The van der Waals surface area contributed by atoms with Gasteiger partial charge in [-0.2, -0.15) is 0 Å². The lowest BCUT2D eigenvalue weighted by Gasteiger charge is -2.24. The first kappa shape index (κ1) is 16.0. The predicted molar refractivity (Wildman–Crippen MR) is 85.6 cm³/mol. The zero-order valence-electron chi connectivity index (χ0n) is 13.4. The third kappa shape index (κ3) is 3.63. The van der Waals surface area contributed by atoms with E-state index < -0.39 is 0 Å². The Balaban J connectivity index is 2.12. The van der Waals surface area contributed by atoms with Gasteiger partial charge in [0.05, 0.1) is 12.1 Å². The van der Waals surface area contributed by atoms with E-state index in [0.717, 1.165) is 29.8 Å². The molecule has 21 heavy (non-hydrogen) atoms. The maximum absolute atomic E-state index is 12.5. The fourth-order valence-corrected chi connectivity index (χ4v) is 2.86. The normalized spacial score (nSPS) is 20.8. The van der Waals surface area contributed by atoms with Crippen LogP contribution in [0.4, 0.5) is 5.69 Å². The lowest BCUT2D eigenvalue weighted by atomic mass is 9.98. The number of carbonyl (C=O) groups excluding carboxylic acids is 1. The van der Waals surface area contributed by atoms with Crippen molar-refractivity contribution in [3.8, 4) is 0 Å². The van der Waals surface area contributed by atoms with Crippen molar-refractivity contribution >= 4 is 11.6 Å². The van der Waals surface area contributed by atoms with Crippen molar-refractivity contribution in [1.82, 2.24) is 4.90 Å². The summed E-state index contributed by atoms with van der Waals surface area (Å²) in [6, 6.07) is 5.89. The number of para-hydroxylation sites is 1. The van der Waals surface area contributed by atoms with Crippen molar-refractivity contribution in [3.05, 3.63) is 29.3 Å². The standard InChI is InChI=1S/C17H26N2O2/c1-11(2)15-7-5-6-12(3)16(15)18-17(21)13(4)19-9-8-14(20)10-19/h5-7,11,13-14,20H,8-10H2,1-4H3,(H,18,21)/t13?,14-/m1/s1. The van der Waals surface area contributed by atoms with E-state index in [2.05, 4.69) is 25.2 Å². The predicted octanol–water partition coefficient (Wildman–Crippen LogP) is 2.51. The molecule has 2 N–H and O–H groups in total. The molecule has 1 fully saturated rings. The molecule has 2 atom stereocenters. The van der Waals surface area contributed by atoms with Gasteiger partial charge in [-0.3, -0.25) is 9.69 Å². The largest absolute Gasteiger partial charge is 0.392 e. The number of likely N-dealkylation sites (tertiary alicyclic amines) is 1. The Hall–Kier alpha value is -1.39. The van der Waals surface area contributed by atoms with Gasteiger partial charge in [-0.05, 0) is 37.3 Å². The third-order valence-corrected chi connectivity index (χ3v) is 4.30. The number of aliphatic hydroxyl groups excluding tert-OH is 1.